The molecule has 7 nitrogen and oxygen atoms in total. The summed E-state index contributed by atoms with van der Waals surface area (Å²) in [5.74, 6) is 1.04. The molecule has 44 heavy (non-hydrogen) atoms. The number of imidazole rings is 1. The highest BCUT2D eigenvalue weighted by Crippen LogP contribution is 2.22. The lowest BCUT2D eigenvalue weighted by Gasteiger charge is -2.19. The van der Waals surface area contributed by atoms with E-state index in [0.717, 1.165) is 43.9 Å². The zero-order valence-corrected chi connectivity index (χ0v) is 31.7. The molecular weight excluding hydrogens is 568 g/mol. The molecule has 0 bridgehead atoms. The molecule has 0 saturated carbocycles. The van der Waals surface area contributed by atoms with Gasteiger partial charge in [0.05, 0.1) is 5.69 Å². The van der Waals surface area contributed by atoms with Crippen LogP contribution in [0, 0.1) is 31.1 Å². The topological polar surface area (TPSA) is 115 Å². The smallest absolute Gasteiger partial charge is 0.156 e. The van der Waals surface area contributed by atoms with E-state index in [2.05, 4.69) is 81.9 Å². The summed E-state index contributed by atoms with van der Waals surface area (Å²) in [6.45, 7) is 35.9. The van der Waals surface area contributed by atoms with Gasteiger partial charge in [0.2, 0.25) is 0 Å². The second-order valence-electron chi connectivity index (χ2n) is 9.44. The van der Waals surface area contributed by atoms with E-state index in [-0.39, 0.29) is 11.5 Å². The third kappa shape index (κ3) is 22.2. The van der Waals surface area contributed by atoms with Crippen LogP contribution in [0.5, 0.6) is 0 Å². The van der Waals surface area contributed by atoms with Gasteiger partial charge in [0, 0.05) is 47.7 Å². The number of hydrogen-bond acceptors (Lipinski definition) is 6. The van der Waals surface area contributed by atoms with Gasteiger partial charge in [-0.05, 0) is 53.3 Å². The lowest BCUT2D eigenvalue weighted by molar-refractivity contribution is 0.494. The molecular formula is C35H69FN7P. The molecule has 1 aliphatic rings. The fraction of sp³-hybridized carbons (Fsp3) is 0.629. The summed E-state index contributed by atoms with van der Waals surface area (Å²) in [6.07, 6.45) is 8.65. The molecule has 0 spiro atoms. The first kappa shape index (κ1) is 48.5. The Hall–Kier alpha value is -2.41. The number of rotatable bonds is 10. The molecule has 1 aromatic heterocycles. The van der Waals surface area contributed by atoms with Crippen LogP contribution in [0.1, 0.15) is 113 Å². The molecule has 1 aliphatic heterocycles. The fourth-order valence-corrected chi connectivity index (χ4v) is 3.34. The average Bonchev–Trinajstić information content (AvgIpc) is 3.22. The first-order valence-corrected chi connectivity index (χ1v) is 17.0. The monoisotopic (exact) mass is 638 g/mol. The Balaban J connectivity index is -0.000000419. The van der Waals surface area contributed by atoms with Crippen LogP contribution >= 0.6 is 9.24 Å². The largest absolute Gasteiger partial charge is 0.372 e. The van der Waals surface area contributed by atoms with Crippen molar-refractivity contribution in [3.05, 3.63) is 64.9 Å². The van der Waals surface area contributed by atoms with E-state index >= 15 is 0 Å². The second kappa shape index (κ2) is 32.0. The van der Waals surface area contributed by atoms with E-state index in [0.29, 0.717) is 28.5 Å². The summed E-state index contributed by atoms with van der Waals surface area (Å²) in [5.41, 5.74) is 10.00. The Kier molecular flexibility index (Phi) is 35.3. The first-order valence-electron chi connectivity index (χ1n) is 16.4. The van der Waals surface area contributed by atoms with Crippen molar-refractivity contribution in [3.8, 4) is 0 Å². The molecule has 2 rings (SSSR count). The quantitative estimate of drug-likeness (QED) is 0.0761. The van der Waals surface area contributed by atoms with Crippen LogP contribution in [0.25, 0.3) is 0 Å². The van der Waals surface area contributed by atoms with Crippen molar-refractivity contribution >= 4 is 21.2 Å². The van der Waals surface area contributed by atoms with Gasteiger partial charge in [-0.3, -0.25) is 10.4 Å². The Morgan fingerprint density at radius 1 is 1.16 bits per heavy atom. The zero-order chi connectivity index (χ0) is 35.3. The van der Waals surface area contributed by atoms with Crippen molar-refractivity contribution in [1.29, 1.82) is 5.41 Å². The number of nitrogens with one attached hydrogen (secondary N) is 4. The van der Waals surface area contributed by atoms with Crippen molar-refractivity contribution in [3.63, 3.8) is 0 Å². The van der Waals surface area contributed by atoms with Crippen LogP contribution in [0.15, 0.2) is 52.7 Å². The van der Waals surface area contributed by atoms with Crippen LogP contribution in [-0.2, 0) is 0 Å². The third-order valence-electron chi connectivity index (χ3n) is 6.00. The Morgan fingerprint density at radius 2 is 1.70 bits per heavy atom. The molecule has 0 radical (unpaired) electrons. The highest BCUT2D eigenvalue weighted by atomic mass is 31.0. The average molecular weight is 638 g/mol. The SMILES string of the molecule is C=C(C(=N)c1nc(C)c(C)[nH]1)C(N)N/C=C(\C)C1CCC(CNCC)C=NC1.C=C(F)/C(P)=C\C.CC.CC.CC.CCC. The lowest BCUT2D eigenvalue weighted by atomic mass is 9.93. The summed E-state index contributed by atoms with van der Waals surface area (Å²) in [7, 11) is 2.24. The van der Waals surface area contributed by atoms with Crippen molar-refractivity contribution in [2.75, 3.05) is 19.6 Å². The second-order valence-corrected chi connectivity index (χ2v) is 10.1. The summed E-state index contributed by atoms with van der Waals surface area (Å²) < 4.78 is 11.8. The first-order chi connectivity index (χ1) is 20.9. The minimum atomic E-state index is -0.538. The van der Waals surface area contributed by atoms with Crippen molar-refractivity contribution < 1.29 is 4.39 Å². The Labute approximate surface area is 273 Å². The van der Waals surface area contributed by atoms with Gasteiger partial charge in [0.15, 0.2) is 5.82 Å². The van der Waals surface area contributed by atoms with Crippen LogP contribution in [-0.4, -0.2) is 47.7 Å². The number of H-pyrrole nitrogens is 1. The maximum atomic E-state index is 11.8. The van der Waals surface area contributed by atoms with Crippen molar-refractivity contribution in [2.24, 2.45) is 22.6 Å². The van der Waals surface area contributed by atoms with Crippen molar-refractivity contribution in [1.82, 2.24) is 20.6 Å². The van der Waals surface area contributed by atoms with Crippen LogP contribution in [0.2, 0.25) is 0 Å². The normalized spacial score (nSPS) is 16.2. The maximum absolute atomic E-state index is 11.8. The summed E-state index contributed by atoms with van der Waals surface area (Å²) in [6, 6.07) is 0. The summed E-state index contributed by atoms with van der Waals surface area (Å²) in [4.78, 5) is 12.1. The predicted molar refractivity (Wildman–Crippen MR) is 201 cm³/mol. The van der Waals surface area contributed by atoms with Gasteiger partial charge in [0.1, 0.15) is 17.7 Å². The molecule has 0 aliphatic carbocycles. The predicted octanol–water partition coefficient (Wildman–Crippen LogP) is 9.18. The van der Waals surface area contributed by atoms with Gasteiger partial charge >= 0.3 is 0 Å². The number of allylic oxidation sites excluding steroid dienone is 3. The minimum absolute atomic E-state index is 0.229. The zero-order valence-electron chi connectivity index (χ0n) is 30.5. The van der Waals surface area contributed by atoms with Crippen molar-refractivity contribution in [2.45, 2.75) is 115 Å². The van der Waals surface area contributed by atoms with Gasteiger partial charge in [-0.25, -0.2) is 9.37 Å². The van der Waals surface area contributed by atoms with E-state index in [1.807, 2.05) is 61.6 Å². The molecule has 4 atom stereocenters. The molecule has 0 aromatic carbocycles. The van der Waals surface area contributed by atoms with Gasteiger partial charge in [0.25, 0.3) is 0 Å². The fourth-order valence-electron chi connectivity index (χ4n) is 3.34. The van der Waals surface area contributed by atoms with Crippen LogP contribution in [0.4, 0.5) is 4.39 Å². The number of aryl methyl sites for hydroxylation is 2. The van der Waals surface area contributed by atoms with Gasteiger partial charge in [-0.15, -0.1) is 9.24 Å². The standard InChI is InChI=1S/C21H35N7.C5H8FP.C3H8.3C2H6/c1-6-24-10-17-7-8-18(12-25-11-17)13(2)9-26-20(23)14(3)19(22)21-27-15(4)16(5)28-21;1-3-5(7)4(2)6;1-3-2;3*1-2/h9,11,17-18,20,22,24,26H,3,6-8,10,12,23H2,1-2,4-5H3,(H,27,28);3H,2,7H2,1H3;3H2,1-2H3;3*1-2H3/b13-9+,22-19?;5-3+;;;;. The van der Waals surface area contributed by atoms with Gasteiger partial charge in [-0.1, -0.05) is 93.5 Å². The van der Waals surface area contributed by atoms with E-state index in [9.17, 15) is 4.39 Å². The Morgan fingerprint density at radius 3 is 2.11 bits per heavy atom. The lowest BCUT2D eigenvalue weighted by Crippen LogP contribution is -2.38. The third-order valence-corrected chi connectivity index (χ3v) is 6.65. The Bertz CT molecular complexity index is 960. The molecule has 2 heterocycles. The molecule has 9 heteroatoms. The highest BCUT2D eigenvalue weighted by Gasteiger charge is 2.19. The highest BCUT2D eigenvalue weighted by molar-refractivity contribution is 7.23. The maximum Gasteiger partial charge on any atom is 0.156 e. The minimum Gasteiger partial charge on any atom is -0.372 e. The molecule has 4 unspecified atom stereocenters. The van der Waals surface area contributed by atoms with Crippen LogP contribution < -0.4 is 16.4 Å². The van der Waals surface area contributed by atoms with E-state index in [1.54, 1.807) is 13.0 Å². The number of aromatic amines is 1. The molecule has 0 saturated heterocycles. The number of halogens is 1. The number of nitrogens with two attached hydrogens (primary N) is 1. The molecule has 0 fully saturated rings. The van der Waals surface area contributed by atoms with E-state index in [4.69, 9.17) is 11.1 Å². The van der Waals surface area contributed by atoms with Gasteiger partial charge in [-0.2, -0.15) is 0 Å². The summed E-state index contributed by atoms with van der Waals surface area (Å²) in [5, 5.41) is 15.4. The van der Waals surface area contributed by atoms with Gasteiger partial charge < -0.3 is 21.4 Å². The van der Waals surface area contributed by atoms with Crippen LogP contribution in [0.3, 0.4) is 0 Å². The van der Waals surface area contributed by atoms with E-state index < -0.39 is 6.17 Å². The summed E-state index contributed by atoms with van der Waals surface area (Å²) >= 11 is 0. The number of nitrogens with zero attached hydrogens (tertiary/aromatic N) is 2. The van der Waals surface area contributed by atoms with E-state index in [1.165, 1.54) is 12.0 Å². The molecule has 6 N–H and O–H groups in total. The molecule has 0 amide bonds. The number of aliphatic imine (C=N–C) groups is 1. The number of aromatic nitrogens is 2. The molecule has 1 aromatic rings. The molecule has 256 valence electrons. The number of hydrogen-bond donors (Lipinski definition) is 5.